The molecule has 1 aliphatic heterocycles. The van der Waals surface area contributed by atoms with Crippen LogP contribution in [-0.4, -0.2) is 15.4 Å². The maximum Gasteiger partial charge on any atom is 0.215 e. The predicted octanol–water partition coefficient (Wildman–Crippen LogP) is 5.76. The van der Waals surface area contributed by atoms with Gasteiger partial charge in [-0.1, -0.05) is 18.2 Å². The third kappa shape index (κ3) is 2.73. The number of aliphatic imine (C=N–C) groups is 1. The molecule has 2 heterocycles. The summed E-state index contributed by atoms with van der Waals surface area (Å²) in [6.07, 6.45) is 1.90. The highest BCUT2D eigenvalue weighted by atomic mass is 32.1. The normalized spacial score (nSPS) is 14.6. The van der Waals surface area contributed by atoms with Crippen LogP contribution in [0.25, 0.3) is 17.3 Å². The Morgan fingerprint density at radius 1 is 1.16 bits per heavy atom. The standard InChI is InChI=1S/C19H13FN2OS2/c1-11-15(14-4-2-3-5-16(14)21-11)10-17-18(23)22(19(24)25-17)13-8-6-12(20)7-9-13/h2-10,23H,1H3. The Hall–Kier alpha value is -2.57. The van der Waals surface area contributed by atoms with E-state index >= 15 is 0 Å². The van der Waals surface area contributed by atoms with Crippen LogP contribution >= 0.6 is 23.6 Å². The van der Waals surface area contributed by atoms with Crippen LogP contribution in [0.15, 0.2) is 53.5 Å². The summed E-state index contributed by atoms with van der Waals surface area (Å²) in [5.74, 6) is -0.284. The van der Waals surface area contributed by atoms with Gasteiger partial charge in [0.2, 0.25) is 5.88 Å². The van der Waals surface area contributed by atoms with Gasteiger partial charge in [-0.3, -0.25) is 9.56 Å². The van der Waals surface area contributed by atoms with Crippen molar-refractivity contribution in [1.29, 1.82) is 0 Å². The van der Waals surface area contributed by atoms with Gasteiger partial charge in [0, 0.05) is 16.8 Å². The number of thiazole rings is 1. The average Bonchev–Trinajstić information content (AvgIpc) is 3.06. The zero-order valence-electron chi connectivity index (χ0n) is 13.2. The molecule has 0 unspecified atom stereocenters. The quantitative estimate of drug-likeness (QED) is 0.584. The molecule has 0 radical (unpaired) electrons. The lowest BCUT2D eigenvalue weighted by Crippen LogP contribution is -1.93. The lowest BCUT2D eigenvalue weighted by Gasteiger charge is -2.05. The summed E-state index contributed by atoms with van der Waals surface area (Å²) < 4.78 is 15.2. The van der Waals surface area contributed by atoms with E-state index in [-0.39, 0.29) is 11.7 Å². The van der Waals surface area contributed by atoms with E-state index in [4.69, 9.17) is 12.2 Å². The van der Waals surface area contributed by atoms with E-state index in [1.165, 1.54) is 23.5 Å². The van der Waals surface area contributed by atoms with Crippen molar-refractivity contribution in [3.05, 3.63) is 68.7 Å². The first-order chi connectivity index (χ1) is 12.0. The van der Waals surface area contributed by atoms with Crippen LogP contribution in [0.1, 0.15) is 17.4 Å². The fourth-order valence-electron chi connectivity index (χ4n) is 2.84. The lowest BCUT2D eigenvalue weighted by molar-refractivity contribution is 0.441. The van der Waals surface area contributed by atoms with Crippen molar-refractivity contribution in [2.45, 2.75) is 6.92 Å². The number of para-hydroxylation sites is 1. The van der Waals surface area contributed by atoms with E-state index < -0.39 is 0 Å². The van der Waals surface area contributed by atoms with Crippen molar-refractivity contribution in [3.63, 3.8) is 0 Å². The fourth-order valence-corrected chi connectivity index (χ4v) is 4.13. The van der Waals surface area contributed by atoms with E-state index in [1.807, 2.05) is 37.3 Å². The second-order valence-corrected chi connectivity index (χ2v) is 7.32. The van der Waals surface area contributed by atoms with Crippen LogP contribution < -0.4 is 0 Å². The third-order valence-corrected chi connectivity index (χ3v) is 5.35. The summed E-state index contributed by atoms with van der Waals surface area (Å²) in [6, 6.07) is 13.8. The summed E-state index contributed by atoms with van der Waals surface area (Å²) in [5.41, 5.74) is 4.45. The van der Waals surface area contributed by atoms with Gasteiger partial charge in [-0.2, -0.15) is 0 Å². The summed E-state index contributed by atoms with van der Waals surface area (Å²) >= 11 is 6.70. The number of halogens is 1. The van der Waals surface area contributed by atoms with Gasteiger partial charge >= 0.3 is 0 Å². The number of rotatable bonds is 2. The number of allylic oxidation sites excluding steroid dienone is 1. The average molecular weight is 368 g/mol. The van der Waals surface area contributed by atoms with Crippen molar-refractivity contribution < 1.29 is 9.50 Å². The molecular formula is C19H13FN2OS2. The molecule has 0 aliphatic carbocycles. The van der Waals surface area contributed by atoms with Crippen LogP contribution in [0, 0.1) is 9.77 Å². The van der Waals surface area contributed by atoms with Crippen LogP contribution in [-0.2, 0) is 0 Å². The summed E-state index contributed by atoms with van der Waals surface area (Å²) in [6.45, 7) is 1.94. The van der Waals surface area contributed by atoms with E-state index in [0.29, 0.717) is 14.5 Å². The molecule has 1 N–H and O–H groups in total. The van der Waals surface area contributed by atoms with Crippen LogP contribution in [0.4, 0.5) is 10.1 Å². The Balaban J connectivity index is 1.84. The molecule has 0 fully saturated rings. The van der Waals surface area contributed by atoms with E-state index in [9.17, 15) is 9.50 Å². The summed E-state index contributed by atoms with van der Waals surface area (Å²) in [5, 5.41) is 10.7. The van der Waals surface area contributed by atoms with Crippen molar-refractivity contribution in [2.75, 3.05) is 0 Å². The molecule has 3 aromatic rings. The minimum Gasteiger partial charge on any atom is -0.493 e. The van der Waals surface area contributed by atoms with Crippen molar-refractivity contribution in [1.82, 2.24) is 4.57 Å². The highest BCUT2D eigenvalue weighted by molar-refractivity contribution is 7.73. The first kappa shape index (κ1) is 15.9. The molecule has 6 heteroatoms. The van der Waals surface area contributed by atoms with Gasteiger partial charge in [-0.25, -0.2) is 4.39 Å². The molecule has 3 nitrogen and oxygen atoms in total. The second-order valence-electron chi connectivity index (χ2n) is 5.64. The van der Waals surface area contributed by atoms with E-state index in [1.54, 1.807) is 16.7 Å². The smallest absolute Gasteiger partial charge is 0.215 e. The minimum absolute atomic E-state index is 0.0475. The number of aromatic nitrogens is 1. The summed E-state index contributed by atoms with van der Waals surface area (Å²) in [7, 11) is 0. The molecule has 2 aromatic carbocycles. The first-order valence-electron chi connectivity index (χ1n) is 7.62. The van der Waals surface area contributed by atoms with Crippen LogP contribution in [0.2, 0.25) is 0 Å². The van der Waals surface area contributed by atoms with Gasteiger partial charge in [0.25, 0.3) is 0 Å². The van der Waals surface area contributed by atoms with E-state index in [0.717, 1.165) is 22.5 Å². The number of benzene rings is 2. The lowest BCUT2D eigenvalue weighted by atomic mass is 10.0. The Morgan fingerprint density at radius 3 is 2.64 bits per heavy atom. The molecule has 0 saturated carbocycles. The Labute approximate surface area is 153 Å². The van der Waals surface area contributed by atoms with Crippen molar-refractivity contribution in [3.8, 4) is 11.6 Å². The van der Waals surface area contributed by atoms with Gasteiger partial charge in [-0.05, 0) is 55.5 Å². The van der Waals surface area contributed by atoms with Crippen LogP contribution in [0.5, 0.6) is 5.88 Å². The van der Waals surface area contributed by atoms with Gasteiger partial charge in [0.1, 0.15) is 5.82 Å². The molecule has 1 aliphatic rings. The maximum absolute atomic E-state index is 13.1. The van der Waals surface area contributed by atoms with Gasteiger partial charge in [0.05, 0.1) is 16.3 Å². The Bertz CT molecular complexity index is 1090. The Morgan fingerprint density at radius 2 is 1.88 bits per heavy atom. The molecule has 0 bridgehead atoms. The first-order valence-corrected chi connectivity index (χ1v) is 8.84. The largest absolute Gasteiger partial charge is 0.493 e. The fraction of sp³-hybridized carbons (Fsp3) is 0.0526. The third-order valence-electron chi connectivity index (χ3n) is 4.04. The highest BCUT2D eigenvalue weighted by Crippen LogP contribution is 2.38. The molecule has 0 spiro atoms. The SMILES string of the molecule is CC1=Nc2ccccc2C1=Cc1sc(=S)n(-c2ccc(F)cc2)c1O. The number of fused-ring (bicyclic) bond motifs is 1. The zero-order chi connectivity index (χ0) is 17.6. The molecule has 124 valence electrons. The zero-order valence-corrected chi connectivity index (χ0v) is 14.9. The molecule has 0 saturated heterocycles. The number of hydrogen-bond acceptors (Lipinski definition) is 4. The predicted molar refractivity (Wildman–Crippen MR) is 103 cm³/mol. The van der Waals surface area contributed by atoms with Crippen LogP contribution in [0.3, 0.4) is 0 Å². The van der Waals surface area contributed by atoms with Gasteiger partial charge in [0.15, 0.2) is 3.95 Å². The molecule has 1 aromatic heterocycles. The topological polar surface area (TPSA) is 37.5 Å². The molecule has 0 atom stereocenters. The van der Waals surface area contributed by atoms with Gasteiger partial charge in [-0.15, -0.1) is 11.3 Å². The number of aromatic hydroxyl groups is 1. The van der Waals surface area contributed by atoms with E-state index in [2.05, 4.69) is 4.99 Å². The van der Waals surface area contributed by atoms with Crippen molar-refractivity contribution >= 4 is 46.6 Å². The van der Waals surface area contributed by atoms with Crippen molar-refractivity contribution in [2.24, 2.45) is 4.99 Å². The Kier molecular flexibility index (Phi) is 3.86. The number of hydrogen-bond donors (Lipinski definition) is 1. The molecular weight excluding hydrogens is 355 g/mol. The number of nitrogens with zero attached hydrogens (tertiary/aromatic N) is 2. The molecule has 4 rings (SSSR count). The molecule has 25 heavy (non-hydrogen) atoms. The monoisotopic (exact) mass is 368 g/mol. The van der Waals surface area contributed by atoms with Gasteiger partial charge < -0.3 is 5.11 Å². The summed E-state index contributed by atoms with van der Waals surface area (Å²) in [4.78, 5) is 5.20. The maximum atomic E-state index is 13.1. The second kappa shape index (κ2) is 6.06. The molecule has 0 amide bonds. The highest BCUT2D eigenvalue weighted by Gasteiger charge is 2.19. The minimum atomic E-state index is -0.332.